The maximum absolute atomic E-state index is 11.2. The summed E-state index contributed by atoms with van der Waals surface area (Å²) >= 11 is 0. The molecule has 6 heteroatoms. The molecule has 1 rings (SSSR count). The summed E-state index contributed by atoms with van der Waals surface area (Å²) in [5, 5.41) is 0. The van der Waals surface area contributed by atoms with Crippen LogP contribution in [0.3, 0.4) is 0 Å². The molecule has 0 spiro atoms. The van der Waals surface area contributed by atoms with Crippen molar-refractivity contribution >= 4 is 11.8 Å². The predicted molar refractivity (Wildman–Crippen MR) is 51.3 cm³/mol. The third-order valence-corrected chi connectivity index (χ3v) is 2.33. The number of hydrogen-bond donors (Lipinski definition) is 2. The second-order valence-corrected chi connectivity index (χ2v) is 3.17. The summed E-state index contributed by atoms with van der Waals surface area (Å²) in [5.74, 6) is -0.130. The van der Waals surface area contributed by atoms with Gasteiger partial charge >= 0.3 is 0 Å². The zero-order valence-corrected chi connectivity index (χ0v) is 8.11. The number of piperazine rings is 1. The van der Waals surface area contributed by atoms with E-state index in [0.29, 0.717) is 26.2 Å². The molecule has 0 saturated carbocycles. The van der Waals surface area contributed by atoms with E-state index in [4.69, 9.17) is 11.5 Å². The van der Waals surface area contributed by atoms with Gasteiger partial charge in [-0.1, -0.05) is 0 Å². The molecule has 0 aromatic carbocycles. The average Bonchev–Trinajstić information content (AvgIpc) is 2.27. The van der Waals surface area contributed by atoms with Crippen molar-refractivity contribution in [3.63, 3.8) is 0 Å². The van der Waals surface area contributed by atoms with Gasteiger partial charge in [0, 0.05) is 26.2 Å². The Balaban J connectivity index is 2.38. The monoisotopic (exact) mass is 200 g/mol. The minimum atomic E-state index is -0.0650. The summed E-state index contributed by atoms with van der Waals surface area (Å²) in [6, 6.07) is 0. The van der Waals surface area contributed by atoms with Crippen LogP contribution in [0.2, 0.25) is 0 Å². The molecule has 0 radical (unpaired) electrons. The smallest absolute Gasteiger partial charge is 0.236 e. The van der Waals surface area contributed by atoms with Crippen LogP contribution in [0.1, 0.15) is 0 Å². The van der Waals surface area contributed by atoms with Gasteiger partial charge in [0.05, 0.1) is 13.1 Å². The number of amides is 2. The Morgan fingerprint density at radius 3 is 1.36 bits per heavy atom. The molecule has 0 aromatic rings. The van der Waals surface area contributed by atoms with Crippen molar-refractivity contribution in [3.05, 3.63) is 0 Å². The Morgan fingerprint density at radius 2 is 1.14 bits per heavy atom. The summed E-state index contributed by atoms with van der Waals surface area (Å²) in [5.41, 5.74) is 10.5. The van der Waals surface area contributed by atoms with Gasteiger partial charge in [-0.25, -0.2) is 0 Å². The molecule has 6 nitrogen and oxygen atoms in total. The lowest BCUT2D eigenvalue weighted by atomic mass is 10.3. The van der Waals surface area contributed by atoms with E-state index in [1.807, 2.05) is 0 Å². The van der Waals surface area contributed by atoms with Gasteiger partial charge in [0.1, 0.15) is 0 Å². The second-order valence-electron chi connectivity index (χ2n) is 3.17. The van der Waals surface area contributed by atoms with Crippen molar-refractivity contribution in [2.75, 3.05) is 39.3 Å². The molecule has 0 aromatic heterocycles. The molecule has 1 saturated heterocycles. The molecule has 1 aliphatic heterocycles. The van der Waals surface area contributed by atoms with Crippen LogP contribution in [0.5, 0.6) is 0 Å². The molecule has 14 heavy (non-hydrogen) atoms. The molecule has 0 aliphatic carbocycles. The molecular formula is C8H16N4O2. The molecule has 2 amide bonds. The fourth-order valence-corrected chi connectivity index (χ4v) is 1.46. The third kappa shape index (κ3) is 2.43. The first-order valence-electron chi connectivity index (χ1n) is 4.64. The predicted octanol–water partition coefficient (Wildman–Crippen LogP) is -2.43. The molecule has 1 heterocycles. The van der Waals surface area contributed by atoms with Crippen LogP contribution in [-0.4, -0.2) is 60.9 Å². The van der Waals surface area contributed by atoms with Gasteiger partial charge in [-0.15, -0.1) is 0 Å². The standard InChI is InChI=1S/C8H16N4O2/c9-5-7(13)11-1-2-12(4-3-11)8(14)6-10/h1-6,9-10H2. The SMILES string of the molecule is NCC(=O)N1CCN(C(=O)CN)CC1. The van der Waals surface area contributed by atoms with Gasteiger partial charge in [-0.2, -0.15) is 0 Å². The van der Waals surface area contributed by atoms with E-state index < -0.39 is 0 Å². The summed E-state index contributed by atoms with van der Waals surface area (Å²) < 4.78 is 0. The summed E-state index contributed by atoms with van der Waals surface area (Å²) in [7, 11) is 0. The summed E-state index contributed by atoms with van der Waals surface area (Å²) in [6.45, 7) is 2.29. The highest BCUT2D eigenvalue weighted by atomic mass is 16.2. The average molecular weight is 200 g/mol. The largest absolute Gasteiger partial charge is 0.338 e. The number of rotatable bonds is 2. The number of nitrogens with two attached hydrogens (primary N) is 2. The van der Waals surface area contributed by atoms with Crippen molar-refractivity contribution in [1.82, 2.24) is 9.80 Å². The van der Waals surface area contributed by atoms with Crippen molar-refractivity contribution in [2.45, 2.75) is 0 Å². The van der Waals surface area contributed by atoms with Crippen LogP contribution in [0.15, 0.2) is 0 Å². The van der Waals surface area contributed by atoms with Crippen LogP contribution < -0.4 is 11.5 Å². The molecule has 80 valence electrons. The normalized spacial score (nSPS) is 17.0. The van der Waals surface area contributed by atoms with E-state index in [2.05, 4.69) is 0 Å². The summed E-state index contributed by atoms with van der Waals surface area (Å²) in [4.78, 5) is 25.7. The van der Waals surface area contributed by atoms with Crippen molar-refractivity contribution in [3.8, 4) is 0 Å². The Bertz CT molecular complexity index is 199. The molecule has 0 bridgehead atoms. The minimum Gasteiger partial charge on any atom is -0.338 e. The van der Waals surface area contributed by atoms with Gasteiger partial charge in [0.25, 0.3) is 0 Å². The van der Waals surface area contributed by atoms with E-state index >= 15 is 0 Å². The van der Waals surface area contributed by atoms with E-state index in [1.54, 1.807) is 9.80 Å². The lowest BCUT2D eigenvalue weighted by Gasteiger charge is -2.34. The zero-order chi connectivity index (χ0) is 10.6. The highest BCUT2D eigenvalue weighted by Gasteiger charge is 2.22. The topological polar surface area (TPSA) is 92.7 Å². The van der Waals surface area contributed by atoms with Crippen LogP contribution >= 0.6 is 0 Å². The second kappa shape index (κ2) is 4.92. The highest BCUT2D eigenvalue weighted by Crippen LogP contribution is 2.01. The molecular weight excluding hydrogens is 184 g/mol. The number of carbonyl (C=O) groups is 2. The maximum atomic E-state index is 11.2. The molecule has 0 unspecified atom stereocenters. The van der Waals surface area contributed by atoms with E-state index in [0.717, 1.165) is 0 Å². The zero-order valence-electron chi connectivity index (χ0n) is 8.11. The third-order valence-electron chi connectivity index (χ3n) is 2.33. The van der Waals surface area contributed by atoms with Gasteiger partial charge in [-0.3, -0.25) is 9.59 Å². The first-order chi connectivity index (χ1) is 6.69. The quantitative estimate of drug-likeness (QED) is 0.518. The van der Waals surface area contributed by atoms with Gasteiger partial charge in [-0.05, 0) is 0 Å². The lowest BCUT2D eigenvalue weighted by molar-refractivity contribution is -0.137. The van der Waals surface area contributed by atoms with Crippen LogP contribution in [0.4, 0.5) is 0 Å². The van der Waals surface area contributed by atoms with Crippen LogP contribution in [-0.2, 0) is 9.59 Å². The Labute approximate surface area is 82.8 Å². The number of nitrogens with zero attached hydrogens (tertiary/aromatic N) is 2. The number of hydrogen-bond acceptors (Lipinski definition) is 4. The molecule has 1 fully saturated rings. The van der Waals surface area contributed by atoms with Gasteiger partial charge < -0.3 is 21.3 Å². The van der Waals surface area contributed by atoms with Crippen molar-refractivity contribution < 1.29 is 9.59 Å². The first kappa shape index (κ1) is 10.9. The highest BCUT2D eigenvalue weighted by molar-refractivity contribution is 5.80. The Morgan fingerprint density at radius 1 is 0.857 bits per heavy atom. The summed E-state index contributed by atoms with van der Waals surface area (Å²) in [6.07, 6.45) is 0. The van der Waals surface area contributed by atoms with Gasteiger partial charge in [0.2, 0.25) is 11.8 Å². The fourth-order valence-electron chi connectivity index (χ4n) is 1.46. The van der Waals surface area contributed by atoms with E-state index in [-0.39, 0.29) is 24.9 Å². The first-order valence-corrected chi connectivity index (χ1v) is 4.64. The Kier molecular flexibility index (Phi) is 3.84. The molecule has 1 aliphatic rings. The van der Waals surface area contributed by atoms with Crippen LogP contribution in [0, 0.1) is 0 Å². The lowest BCUT2D eigenvalue weighted by Crippen LogP contribution is -2.53. The fraction of sp³-hybridized carbons (Fsp3) is 0.750. The van der Waals surface area contributed by atoms with Crippen molar-refractivity contribution in [1.29, 1.82) is 0 Å². The van der Waals surface area contributed by atoms with Crippen molar-refractivity contribution in [2.24, 2.45) is 11.5 Å². The van der Waals surface area contributed by atoms with Crippen LogP contribution in [0.25, 0.3) is 0 Å². The van der Waals surface area contributed by atoms with E-state index in [1.165, 1.54) is 0 Å². The molecule has 0 atom stereocenters. The number of carbonyl (C=O) groups excluding carboxylic acids is 2. The minimum absolute atomic E-state index is 0.0326. The van der Waals surface area contributed by atoms with Gasteiger partial charge in [0.15, 0.2) is 0 Å². The van der Waals surface area contributed by atoms with E-state index in [9.17, 15) is 9.59 Å². The maximum Gasteiger partial charge on any atom is 0.236 e. The Hall–Kier alpha value is -1.14. The molecule has 4 N–H and O–H groups in total.